The molecule has 106 valence electrons. The molecule has 19 heavy (non-hydrogen) atoms. The number of aromatic nitrogens is 1. The molecule has 1 fully saturated rings. The van der Waals surface area contributed by atoms with Crippen molar-refractivity contribution in [3.63, 3.8) is 0 Å². The molecule has 1 aliphatic carbocycles. The van der Waals surface area contributed by atoms with Crippen LogP contribution < -0.4 is 4.90 Å². The van der Waals surface area contributed by atoms with Gasteiger partial charge in [-0.05, 0) is 25.7 Å². The van der Waals surface area contributed by atoms with Crippen molar-refractivity contribution in [1.82, 2.24) is 4.98 Å². The van der Waals surface area contributed by atoms with E-state index in [1.165, 1.54) is 38.4 Å². The molecule has 1 aromatic rings. The van der Waals surface area contributed by atoms with Crippen LogP contribution in [0.15, 0.2) is 10.7 Å². The summed E-state index contributed by atoms with van der Waals surface area (Å²) in [5.41, 5.74) is 0.243. The summed E-state index contributed by atoms with van der Waals surface area (Å²) in [6.45, 7) is 3.05. The van der Waals surface area contributed by atoms with Crippen LogP contribution in [0.5, 0.6) is 0 Å². The molecule has 0 saturated heterocycles. The Balaban J connectivity index is 1.91. The molecule has 0 unspecified atom stereocenters. The van der Waals surface area contributed by atoms with Crippen LogP contribution in [-0.4, -0.2) is 31.2 Å². The predicted molar refractivity (Wildman–Crippen MR) is 72.3 cm³/mol. The Kier molecular flexibility index (Phi) is 4.82. The zero-order chi connectivity index (χ0) is 13.7. The molecule has 1 heterocycles. The lowest BCUT2D eigenvalue weighted by Gasteiger charge is -2.25. The smallest absolute Gasteiger partial charge is 0.360 e. The lowest BCUT2D eigenvalue weighted by Crippen LogP contribution is -2.27. The summed E-state index contributed by atoms with van der Waals surface area (Å²) in [6, 6.07) is 0.494. The van der Waals surface area contributed by atoms with E-state index in [0.717, 1.165) is 6.54 Å². The van der Waals surface area contributed by atoms with Crippen molar-refractivity contribution in [2.75, 3.05) is 25.1 Å². The van der Waals surface area contributed by atoms with Crippen LogP contribution in [0.25, 0.3) is 0 Å². The molecule has 5 nitrogen and oxygen atoms in total. The first kappa shape index (κ1) is 13.9. The van der Waals surface area contributed by atoms with Gasteiger partial charge in [-0.2, -0.15) is 4.98 Å². The van der Waals surface area contributed by atoms with Gasteiger partial charge in [0.15, 0.2) is 5.69 Å². The van der Waals surface area contributed by atoms with E-state index in [4.69, 9.17) is 9.15 Å². The number of carbonyl (C=O) groups is 1. The minimum absolute atomic E-state index is 0.243. The van der Waals surface area contributed by atoms with Crippen LogP contribution in [0.1, 0.15) is 49.5 Å². The van der Waals surface area contributed by atoms with E-state index in [1.807, 2.05) is 11.9 Å². The quantitative estimate of drug-likeness (QED) is 0.767. The predicted octanol–water partition coefficient (Wildman–Crippen LogP) is 2.87. The van der Waals surface area contributed by atoms with E-state index in [-0.39, 0.29) is 5.69 Å². The maximum atomic E-state index is 11.5. The molecule has 1 aromatic heterocycles. The second-order valence-electron chi connectivity index (χ2n) is 5.12. The number of carbonyl (C=O) groups excluding carboxylic acids is 1. The van der Waals surface area contributed by atoms with Crippen LogP contribution in [0.2, 0.25) is 0 Å². The molecular formula is C14H22N2O3. The topological polar surface area (TPSA) is 55.6 Å². The van der Waals surface area contributed by atoms with E-state index < -0.39 is 5.97 Å². The zero-order valence-corrected chi connectivity index (χ0v) is 11.7. The molecule has 0 N–H and O–H groups in total. The van der Waals surface area contributed by atoms with E-state index in [9.17, 15) is 4.79 Å². The molecule has 0 radical (unpaired) electrons. The summed E-state index contributed by atoms with van der Waals surface area (Å²) in [5.74, 6) is 0.278. The largest absolute Gasteiger partial charge is 0.461 e. The third kappa shape index (κ3) is 3.72. The highest BCUT2D eigenvalue weighted by atomic mass is 16.5. The summed E-state index contributed by atoms with van der Waals surface area (Å²) in [5, 5.41) is 0. The van der Waals surface area contributed by atoms with Gasteiger partial charge in [-0.15, -0.1) is 0 Å². The van der Waals surface area contributed by atoms with Gasteiger partial charge in [0.25, 0.3) is 6.01 Å². The Bertz CT molecular complexity index is 411. The fraction of sp³-hybridized carbons (Fsp3) is 0.714. The number of hydrogen-bond donors (Lipinski definition) is 0. The van der Waals surface area contributed by atoms with Gasteiger partial charge in [0.05, 0.1) is 6.61 Å². The molecule has 0 amide bonds. The summed E-state index contributed by atoms with van der Waals surface area (Å²) >= 11 is 0. The van der Waals surface area contributed by atoms with Crippen LogP contribution in [-0.2, 0) is 4.74 Å². The molecule has 0 spiro atoms. The summed E-state index contributed by atoms with van der Waals surface area (Å²) in [7, 11) is 1.95. The third-order valence-electron chi connectivity index (χ3n) is 3.56. The Morgan fingerprint density at radius 2 is 2.21 bits per heavy atom. The first-order valence-electron chi connectivity index (χ1n) is 7.04. The van der Waals surface area contributed by atoms with E-state index in [1.54, 1.807) is 6.92 Å². The minimum Gasteiger partial charge on any atom is -0.461 e. The molecule has 2 rings (SSSR count). The number of nitrogens with zero attached hydrogens (tertiary/aromatic N) is 2. The Labute approximate surface area is 113 Å². The Morgan fingerprint density at radius 3 is 2.89 bits per heavy atom. The van der Waals surface area contributed by atoms with Gasteiger partial charge in [0, 0.05) is 13.6 Å². The molecule has 1 saturated carbocycles. The summed E-state index contributed by atoms with van der Waals surface area (Å²) in [4.78, 5) is 17.7. The third-order valence-corrected chi connectivity index (χ3v) is 3.56. The maximum Gasteiger partial charge on any atom is 0.360 e. The van der Waals surface area contributed by atoms with Gasteiger partial charge in [0.2, 0.25) is 0 Å². The first-order valence-corrected chi connectivity index (χ1v) is 7.04. The summed E-state index contributed by atoms with van der Waals surface area (Å²) < 4.78 is 10.2. The number of anilines is 1. The lowest BCUT2D eigenvalue weighted by atomic mass is 9.89. The molecular weight excluding hydrogens is 244 g/mol. The van der Waals surface area contributed by atoms with Crippen molar-refractivity contribution in [2.24, 2.45) is 5.92 Å². The van der Waals surface area contributed by atoms with E-state index in [2.05, 4.69) is 4.98 Å². The van der Waals surface area contributed by atoms with Crippen LogP contribution in [0.4, 0.5) is 6.01 Å². The van der Waals surface area contributed by atoms with Crippen molar-refractivity contribution in [3.05, 3.63) is 12.0 Å². The fourth-order valence-corrected chi connectivity index (χ4v) is 2.57. The standard InChI is InChI=1S/C14H22N2O3/c1-3-18-13(17)12-10-19-14(15-12)16(2)9-11-7-5-4-6-8-11/h10-11H,3-9H2,1-2H3. The van der Waals surface area contributed by atoms with E-state index in [0.29, 0.717) is 18.5 Å². The molecule has 5 heteroatoms. The molecule has 1 aliphatic rings. The van der Waals surface area contributed by atoms with Crippen molar-refractivity contribution in [3.8, 4) is 0 Å². The van der Waals surface area contributed by atoms with Gasteiger partial charge in [-0.3, -0.25) is 0 Å². The molecule has 0 aromatic carbocycles. The first-order chi connectivity index (χ1) is 9.20. The monoisotopic (exact) mass is 266 g/mol. The Hall–Kier alpha value is -1.52. The average Bonchev–Trinajstić information content (AvgIpc) is 2.90. The number of rotatable bonds is 5. The number of ether oxygens (including phenoxy) is 1. The van der Waals surface area contributed by atoms with Gasteiger partial charge in [-0.1, -0.05) is 19.3 Å². The van der Waals surface area contributed by atoms with Crippen LogP contribution in [0.3, 0.4) is 0 Å². The van der Waals surface area contributed by atoms with Gasteiger partial charge >= 0.3 is 5.97 Å². The minimum atomic E-state index is -0.427. The van der Waals surface area contributed by atoms with Gasteiger partial charge in [-0.25, -0.2) is 4.79 Å². The maximum absolute atomic E-state index is 11.5. The highest BCUT2D eigenvalue weighted by molar-refractivity contribution is 5.87. The molecule has 0 bridgehead atoms. The van der Waals surface area contributed by atoms with Crippen molar-refractivity contribution in [1.29, 1.82) is 0 Å². The average molecular weight is 266 g/mol. The van der Waals surface area contributed by atoms with Crippen LogP contribution >= 0.6 is 0 Å². The molecule has 0 aliphatic heterocycles. The second kappa shape index (κ2) is 6.59. The molecule has 0 atom stereocenters. The second-order valence-corrected chi connectivity index (χ2v) is 5.12. The lowest BCUT2D eigenvalue weighted by molar-refractivity contribution is 0.0519. The van der Waals surface area contributed by atoms with Crippen molar-refractivity contribution >= 4 is 12.0 Å². The van der Waals surface area contributed by atoms with E-state index >= 15 is 0 Å². The van der Waals surface area contributed by atoms with Crippen molar-refractivity contribution in [2.45, 2.75) is 39.0 Å². The summed E-state index contributed by atoms with van der Waals surface area (Å²) in [6.07, 6.45) is 7.90. The normalized spacial score (nSPS) is 16.3. The zero-order valence-electron chi connectivity index (χ0n) is 11.7. The number of oxazole rings is 1. The number of hydrogen-bond acceptors (Lipinski definition) is 5. The highest BCUT2D eigenvalue weighted by Crippen LogP contribution is 2.25. The Morgan fingerprint density at radius 1 is 1.47 bits per heavy atom. The fourth-order valence-electron chi connectivity index (χ4n) is 2.57. The van der Waals surface area contributed by atoms with Gasteiger partial charge in [0.1, 0.15) is 6.26 Å². The van der Waals surface area contributed by atoms with Crippen LogP contribution in [0, 0.1) is 5.92 Å². The number of esters is 1. The SMILES string of the molecule is CCOC(=O)c1coc(N(C)CC2CCCCC2)n1. The van der Waals surface area contributed by atoms with Gasteiger partial charge < -0.3 is 14.1 Å². The highest BCUT2D eigenvalue weighted by Gasteiger charge is 2.19. The van der Waals surface area contributed by atoms with Crippen molar-refractivity contribution < 1.29 is 13.9 Å².